The minimum absolute atomic E-state index is 0. The maximum absolute atomic E-state index is 6.02. The van der Waals surface area contributed by atoms with Crippen LogP contribution >= 0.6 is 24.0 Å². The van der Waals surface area contributed by atoms with Crippen molar-refractivity contribution in [2.75, 3.05) is 19.5 Å². The van der Waals surface area contributed by atoms with Crippen LogP contribution in [0, 0.1) is 0 Å². The zero-order valence-corrected chi connectivity index (χ0v) is 18.2. The summed E-state index contributed by atoms with van der Waals surface area (Å²) in [5, 5.41) is 3.05. The summed E-state index contributed by atoms with van der Waals surface area (Å²) in [6.07, 6.45) is 3.71. The van der Waals surface area contributed by atoms with Gasteiger partial charge in [-0.25, -0.2) is 9.98 Å². The quantitative estimate of drug-likeness (QED) is 0.299. The molecule has 1 aromatic heterocycles. The Morgan fingerprint density at radius 3 is 2.57 bits per heavy atom. The SMILES string of the molecule is COc1ccc(NC(N)=NCc2nccn2Cc2ccccc2)cc1OC.I. The lowest BCUT2D eigenvalue weighted by molar-refractivity contribution is 0.355. The number of hydrogen-bond acceptors (Lipinski definition) is 4. The van der Waals surface area contributed by atoms with E-state index in [0.717, 1.165) is 18.1 Å². The van der Waals surface area contributed by atoms with Crippen molar-refractivity contribution in [1.29, 1.82) is 0 Å². The van der Waals surface area contributed by atoms with E-state index in [9.17, 15) is 0 Å². The number of nitrogens with one attached hydrogen (secondary N) is 1. The van der Waals surface area contributed by atoms with Crippen molar-refractivity contribution < 1.29 is 9.47 Å². The number of guanidine groups is 1. The number of nitrogens with zero attached hydrogens (tertiary/aromatic N) is 3. The van der Waals surface area contributed by atoms with Crippen LogP contribution in [-0.4, -0.2) is 29.7 Å². The highest BCUT2D eigenvalue weighted by Crippen LogP contribution is 2.29. The largest absolute Gasteiger partial charge is 0.493 e. The number of methoxy groups -OCH3 is 2. The molecule has 0 amide bonds. The van der Waals surface area contributed by atoms with E-state index in [4.69, 9.17) is 15.2 Å². The molecule has 0 saturated heterocycles. The van der Waals surface area contributed by atoms with Gasteiger partial charge in [0.15, 0.2) is 17.5 Å². The van der Waals surface area contributed by atoms with E-state index in [1.165, 1.54) is 5.56 Å². The molecule has 0 fully saturated rings. The summed E-state index contributed by atoms with van der Waals surface area (Å²) in [6, 6.07) is 15.7. The van der Waals surface area contributed by atoms with Crippen LogP contribution in [0.3, 0.4) is 0 Å². The molecule has 1 heterocycles. The third kappa shape index (κ3) is 5.62. The lowest BCUT2D eigenvalue weighted by atomic mass is 10.2. The number of nitrogens with two attached hydrogens (primary N) is 1. The summed E-state index contributed by atoms with van der Waals surface area (Å²) in [5.74, 6) is 2.42. The van der Waals surface area contributed by atoms with Gasteiger partial charge in [0.25, 0.3) is 0 Å². The molecule has 8 heteroatoms. The smallest absolute Gasteiger partial charge is 0.193 e. The first-order chi connectivity index (χ1) is 13.2. The highest BCUT2D eigenvalue weighted by atomic mass is 127. The standard InChI is InChI=1S/C20H23N5O2.HI/c1-26-17-9-8-16(12-18(17)27-2)24-20(21)23-13-19-22-10-11-25(19)14-15-6-4-3-5-7-15;/h3-12H,13-14H2,1-2H3,(H3,21,23,24);1H. The van der Waals surface area contributed by atoms with Crippen molar-refractivity contribution in [2.24, 2.45) is 10.7 Å². The van der Waals surface area contributed by atoms with Gasteiger partial charge in [-0.05, 0) is 17.7 Å². The van der Waals surface area contributed by atoms with Crippen LogP contribution in [0.2, 0.25) is 0 Å². The van der Waals surface area contributed by atoms with E-state index in [2.05, 4.69) is 32.0 Å². The van der Waals surface area contributed by atoms with Gasteiger partial charge in [0, 0.05) is 30.7 Å². The Labute approximate surface area is 181 Å². The lowest BCUT2D eigenvalue weighted by Crippen LogP contribution is -2.23. The molecule has 0 aliphatic rings. The van der Waals surface area contributed by atoms with E-state index in [1.807, 2.05) is 30.5 Å². The first-order valence-corrected chi connectivity index (χ1v) is 8.52. The normalized spacial score (nSPS) is 10.9. The fourth-order valence-corrected chi connectivity index (χ4v) is 2.67. The van der Waals surface area contributed by atoms with E-state index in [1.54, 1.807) is 32.5 Å². The van der Waals surface area contributed by atoms with Gasteiger partial charge in [-0.2, -0.15) is 0 Å². The monoisotopic (exact) mass is 493 g/mol. The molecule has 0 unspecified atom stereocenters. The molecular formula is C20H24IN5O2. The first-order valence-electron chi connectivity index (χ1n) is 8.52. The zero-order chi connectivity index (χ0) is 19.1. The predicted octanol–water partition coefficient (Wildman–Crippen LogP) is 3.49. The maximum atomic E-state index is 6.02. The topological polar surface area (TPSA) is 86.7 Å². The van der Waals surface area contributed by atoms with Crippen molar-refractivity contribution in [3.63, 3.8) is 0 Å². The molecule has 3 rings (SSSR count). The average molecular weight is 493 g/mol. The predicted molar refractivity (Wildman–Crippen MR) is 122 cm³/mol. The van der Waals surface area contributed by atoms with E-state index in [0.29, 0.717) is 24.0 Å². The van der Waals surface area contributed by atoms with Crippen molar-refractivity contribution in [3.8, 4) is 11.5 Å². The third-order valence-corrected chi connectivity index (χ3v) is 4.04. The van der Waals surface area contributed by atoms with Crippen LogP contribution in [0.4, 0.5) is 5.69 Å². The van der Waals surface area contributed by atoms with Gasteiger partial charge >= 0.3 is 0 Å². The molecule has 0 radical (unpaired) electrons. The minimum Gasteiger partial charge on any atom is -0.493 e. The number of ether oxygens (including phenoxy) is 2. The molecule has 28 heavy (non-hydrogen) atoms. The second-order valence-corrected chi connectivity index (χ2v) is 5.85. The molecule has 2 aromatic carbocycles. The van der Waals surface area contributed by atoms with Gasteiger partial charge in [0.2, 0.25) is 0 Å². The molecule has 0 saturated carbocycles. The second kappa shape index (κ2) is 10.5. The Morgan fingerprint density at radius 2 is 1.86 bits per heavy atom. The molecule has 3 aromatic rings. The highest BCUT2D eigenvalue weighted by Gasteiger charge is 2.06. The van der Waals surface area contributed by atoms with Gasteiger partial charge in [0.1, 0.15) is 12.4 Å². The van der Waals surface area contributed by atoms with Crippen molar-refractivity contribution in [2.45, 2.75) is 13.1 Å². The number of aliphatic imine (C=N–C) groups is 1. The third-order valence-electron chi connectivity index (χ3n) is 4.04. The molecule has 7 nitrogen and oxygen atoms in total. The fourth-order valence-electron chi connectivity index (χ4n) is 2.67. The van der Waals surface area contributed by atoms with E-state index < -0.39 is 0 Å². The second-order valence-electron chi connectivity index (χ2n) is 5.85. The maximum Gasteiger partial charge on any atom is 0.193 e. The lowest BCUT2D eigenvalue weighted by Gasteiger charge is -2.11. The van der Waals surface area contributed by atoms with Gasteiger partial charge in [0.05, 0.1) is 14.2 Å². The Bertz CT molecular complexity index is 912. The molecule has 0 atom stereocenters. The fraction of sp³-hybridized carbons (Fsp3) is 0.200. The van der Waals surface area contributed by atoms with E-state index >= 15 is 0 Å². The Hall–Kier alpha value is -2.75. The summed E-state index contributed by atoms with van der Waals surface area (Å²) >= 11 is 0. The Morgan fingerprint density at radius 1 is 1.11 bits per heavy atom. The number of hydrogen-bond donors (Lipinski definition) is 2. The first kappa shape index (κ1) is 21.5. The highest BCUT2D eigenvalue weighted by molar-refractivity contribution is 14.0. The summed E-state index contributed by atoms with van der Waals surface area (Å²) in [5.41, 5.74) is 7.99. The van der Waals surface area contributed by atoms with Crippen molar-refractivity contribution >= 4 is 35.6 Å². The molecular weight excluding hydrogens is 469 g/mol. The van der Waals surface area contributed by atoms with Crippen LogP contribution in [0.15, 0.2) is 65.9 Å². The summed E-state index contributed by atoms with van der Waals surface area (Å²) in [7, 11) is 3.18. The van der Waals surface area contributed by atoms with Crippen LogP contribution < -0.4 is 20.5 Å². The molecule has 0 spiro atoms. The molecule has 0 aliphatic heterocycles. The summed E-state index contributed by atoms with van der Waals surface area (Å²) in [6.45, 7) is 1.13. The van der Waals surface area contributed by atoms with E-state index in [-0.39, 0.29) is 24.0 Å². The minimum atomic E-state index is 0. The van der Waals surface area contributed by atoms with Crippen molar-refractivity contribution in [1.82, 2.24) is 9.55 Å². The molecule has 0 aliphatic carbocycles. The van der Waals surface area contributed by atoms with Gasteiger partial charge < -0.3 is 25.1 Å². The van der Waals surface area contributed by atoms with Crippen LogP contribution in [0.5, 0.6) is 11.5 Å². The van der Waals surface area contributed by atoms with Crippen LogP contribution in [0.25, 0.3) is 0 Å². The van der Waals surface area contributed by atoms with Crippen molar-refractivity contribution in [3.05, 3.63) is 72.3 Å². The average Bonchev–Trinajstić information content (AvgIpc) is 3.14. The van der Waals surface area contributed by atoms with Gasteiger partial charge in [-0.3, -0.25) is 0 Å². The molecule has 148 valence electrons. The number of imidazole rings is 1. The number of anilines is 1. The van der Waals surface area contributed by atoms with Gasteiger partial charge in [-0.15, -0.1) is 24.0 Å². The Balaban J connectivity index is 0.00000280. The van der Waals surface area contributed by atoms with Gasteiger partial charge in [-0.1, -0.05) is 30.3 Å². The number of aromatic nitrogens is 2. The van der Waals surface area contributed by atoms with Crippen LogP contribution in [-0.2, 0) is 13.1 Å². The van der Waals surface area contributed by atoms with Crippen LogP contribution in [0.1, 0.15) is 11.4 Å². The molecule has 3 N–H and O–H groups in total. The summed E-state index contributed by atoms with van der Waals surface area (Å²) < 4.78 is 12.6. The number of rotatable bonds is 7. The number of benzene rings is 2. The summed E-state index contributed by atoms with van der Waals surface area (Å²) in [4.78, 5) is 8.77. The number of halogens is 1. The zero-order valence-electron chi connectivity index (χ0n) is 15.8. The Kier molecular flexibility index (Phi) is 8.12. The molecule has 0 bridgehead atoms.